The smallest absolute Gasteiger partial charge is 0.217 e. The van der Waals surface area contributed by atoms with Crippen molar-refractivity contribution in [1.82, 2.24) is 9.97 Å². The largest absolute Gasteiger partial charge is 0.481 e. The van der Waals surface area contributed by atoms with Gasteiger partial charge in [0.25, 0.3) is 0 Å². The monoisotopic (exact) mass is 248 g/mol. The van der Waals surface area contributed by atoms with Gasteiger partial charge in [0.15, 0.2) is 0 Å². The third-order valence-corrected chi connectivity index (χ3v) is 2.57. The van der Waals surface area contributed by atoms with Crippen LogP contribution in [0.5, 0.6) is 5.88 Å². The molecular formula is C13H13ClN2O. The summed E-state index contributed by atoms with van der Waals surface area (Å²) in [5.74, 6) is 1.16. The fraction of sp³-hybridized carbons (Fsp3) is 0.231. The molecule has 1 aromatic carbocycles. The number of ether oxygens (including phenoxy) is 1. The Morgan fingerprint density at radius 1 is 1.24 bits per heavy atom. The highest BCUT2D eigenvalue weighted by molar-refractivity contribution is 6.29. The van der Waals surface area contributed by atoms with Crippen molar-refractivity contribution in [2.45, 2.75) is 13.3 Å². The number of methoxy groups -OCH3 is 1. The summed E-state index contributed by atoms with van der Waals surface area (Å²) in [5, 5.41) is 0.402. The van der Waals surface area contributed by atoms with Crippen molar-refractivity contribution < 1.29 is 4.74 Å². The number of benzene rings is 1. The highest BCUT2D eigenvalue weighted by atomic mass is 35.5. The van der Waals surface area contributed by atoms with Crippen molar-refractivity contribution in [2.24, 2.45) is 0 Å². The first kappa shape index (κ1) is 11.9. The molecule has 0 aliphatic heterocycles. The molecule has 4 heteroatoms. The van der Waals surface area contributed by atoms with Gasteiger partial charge < -0.3 is 4.74 Å². The molecule has 0 fully saturated rings. The summed E-state index contributed by atoms with van der Waals surface area (Å²) >= 11 is 5.90. The van der Waals surface area contributed by atoms with E-state index in [1.807, 2.05) is 12.1 Å². The Hall–Kier alpha value is -1.61. The van der Waals surface area contributed by atoms with Gasteiger partial charge in [-0.05, 0) is 12.5 Å². The summed E-state index contributed by atoms with van der Waals surface area (Å²) in [6.07, 6.45) is 0.651. The number of hydrogen-bond donors (Lipinski definition) is 0. The lowest BCUT2D eigenvalue weighted by atomic mass is 10.1. The Bertz CT molecular complexity index is 529. The Morgan fingerprint density at radius 3 is 2.76 bits per heavy atom. The first-order valence-corrected chi connectivity index (χ1v) is 5.68. The van der Waals surface area contributed by atoms with Crippen LogP contribution < -0.4 is 4.74 Å². The molecule has 1 aromatic heterocycles. The first-order valence-electron chi connectivity index (χ1n) is 5.30. The highest BCUT2D eigenvalue weighted by Crippen LogP contribution is 2.15. The van der Waals surface area contributed by atoms with Gasteiger partial charge in [0.05, 0.1) is 7.11 Å². The topological polar surface area (TPSA) is 35.0 Å². The Morgan fingerprint density at radius 2 is 2.06 bits per heavy atom. The lowest BCUT2D eigenvalue weighted by Crippen LogP contribution is -1.99. The summed E-state index contributed by atoms with van der Waals surface area (Å²) in [6, 6.07) is 9.83. The zero-order chi connectivity index (χ0) is 12.3. The molecule has 88 valence electrons. The number of halogens is 1. The zero-order valence-corrected chi connectivity index (χ0v) is 10.5. The average Bonchev–Trinajstić information content (AvgIpc) is 2.28. The lowest BCUT2D eigenvalue weighted by Gasteiger charge is -2.04. The molecule has 17 heavy (non-hydrogen) atoms. The molecule has 0 saturated carbocycles. The highest BCUT2D eigenvalue weighted by Gasteiger charge is 2.04. The van der Waals surface area contributed by atoms with Gasteiger partial charge in [0, 0.05) is 12.5 Å². The molecule has 0 spiro atoms. The second kappa shape index (κ2) is 5.15. The maximum absolute atomic E-state index is 5.90. The summed E-state index contributed by atoms with van der Waals surface area (Å²) in [7, 11) is 1.56. The molecule has 0 atom stereocenters. The van der Waals surface area contributed by atoms with Crippen LogP contribution in [0.3, 0.4) is 0 Å². The summed E-state index contributed by atoms with van der Waals surface area (Å²) in [5.41, 5.74) is 2.38. The molecule has 2 rings (SSSR count). The van der Waals surface area contributed by atoms with Gasteiger partial charge in [-0.1, -0.05) is 41.4 Å². The van der Waals surface area contributed by atoms with Gasteiger partial charge in [-0.2, -0.15) is 4.98 Å². The van der Waals surface area contributed by atoms with E-state index >= 15 is 0 Å². The van der Waals surface area contributed by atoms with Gasteiger partial charge in [0.2, 0.25) is 5.88 Å². The van der Waals surface area contributed by atoms with Crippen LogP contribution in [-0.4, -0.2) is 17.1 Å². The SMILES string of the molecule is COc1cc(Cl)nc(Cc2cccc(C)c2)n1. The van der Waals surface area contributed by atoms with E-state index in [-0.39, 0.29) is 0 Å². The molecular weight excluding hydrogens is 236 g/mol. The van der Waals surface area contributed by atoms with E-state index in [9.17, 15) is 0 Å². The van der Waals surface area contributed by atoms with E-state index in [0.717, 1.165) is 5.56 Å². The average molecular weight is 249 g/mol. The Labute approximate surface area is 105 Å². The maximum atomic E-state index is 5.90. The minimum atomic E-state index is 0.402. The third kappa shape index (κ3) is 3.17. The summed E-state index contributed by atoms with van der Waals surface area (Å²) < 4.78 is 5.06. The van der Waals surface area contributed by atoms with Crippen LogP contribution >= 0.6 is 11.6 Å². The number of hydrogen-bond acceptors (Lipinski definition) is 3. The van der Waals surface area contributed by atoms with Gasteiger partial charge in [-0.15, -0.1) is 0 Å². The van der Waals surface area contributed by atoms with Gasteiger partial charge in [0.1, 0.15) is 11.0 Å². The fourth-order valence-corrected chi connectivity index (χ4v) is 1.82. The zero-order valence-electron chi connectivity index (χ0n) is 9.77. The summed E-state index contributed by atoms with van der Waals surface area (Å²) in [4.78, 5) is 8.44. The predicted octanol–water partition coefficient (Wildman–Crippen LogP) is 3.04. The normalized spacial score (nSPS) is 10.3. The number of rotatable bonds is 3. The van der Waals surface area contributed by atoms with Gasteiger partial charge in [-0.3, -0.25) is 0 Å². The molecule has 1 heterocycles. The van der Waals surface area contributed by atoms with Crippen molar-refractivity contribution >= 4 is 11.6 Å². The minimum Gasteiger partial charge on any atom is -0.481 e. The second-order valence-electron chi connectivity index (χ2n) is 3.82. The first-order chi connectivity index (χ1) is 8.17. The van der Waals surface area contributed by atoms with Crippen molar-refractivity contribution in [1.29, 1.82) is 0 Å². The Balaban J connectivity index is 2.26. The van der Waals surface area contributed by atoms with Crippen LogP contribution in [0.25, 0.3) is 0 Å². The predicted molar refractivity (Wildman–Crippen MR) is 67.6 cm³/mol. The number of aromatic nitrogens is 2. The van der Waals surface area contributed by atoms with Crippen LogP contribution in [0.4, 0.5) is 0 Å². The molecule has 0 radical (unpaired) electrons. The van der Waals surface area contributed by atoms with Gasteiger partial charge in [-0.25, -0.2) is 4.98 Å². The fourth-order valence-electron chi connectivity index (χ4n) is 1.63. The molecule has 0 amide bonds. The van der Waals surface area contributed by atoms with Gasteiger partial charge >= 0.3 is 0 Å². The van der Waals surface area contributed by atoms with E-state index in [2.05, 4.69) is 29.0 Å². The lowest BCUT2D eigenvalue weighted by molar-refractivity contribution is 0.395. The molecule has 0 N–H and O–H groups in total. The van der Waals surface area contributed by atoms with Crippen molar-refractivity contribution in [2.75, 3.05) is 7.11 Å². The van der Waals surface area contributed by atoms with E-state index in [1.165, 1.54) is 5.56 Å². The van der Waals surface area contributed by atoms with E-state index in [1.54, 1.807) is 13.2 Å². The molecule has 3 nitrogen and oxygen atoms in total. The van der Waals surface area contributed by atoms with Crippen molar-refractivity contribution in [3.63, 3.8) is 0 Å². The second-order valence-corrected chi connectivity index (χ2v) is 4.20. The van der Waals surface area contributed by atoms with Crippen LogP contribution in [-0.2, 0) is 6.42 Å². The van der Waals surface area contributed by atoms with Crippen LogP contribution in [0.15, 0.2) is 30.3 Å². The van der Waals surface area contributed by atoms with E-state index in [4.69, 9.17) is 16.3 Å². The molecule has 2 aromatic rings. The van der Waals surface area contributed by atoms with E-state index < -0.39 is 0 Å². The third-order valence-electron chi connectivity index (χ3n) is 2.37. The molecule has 0 unspecified atom stereocenters. The molecule has 0 aliphatic rings. The molecule has 0 aliphatic carbocycles. The maximum Gasteiger partial charge on any atom is 0.217 e. The molecule has 0 bridgehead atoms. The number of aryl methyl sites for hydroxylation is 1. The van der Waals surface area contributed by atoms with Crippen LogP contribution in [0.2, 0.25) is 5.15 Å². The molecule has 0 saturated heterocycles. The quantitative estimate of drug-likeness (QED) is 0.783. The summed E-state index contributed by atoms with van der Waals surface area (Å²) in [6.45, 7) is 2.06. The Kier molecular flexibility index (Phi) is 3.59. The minimum absolute atomic E-state index is 0.402. The van der Waals surface area contributed by atoms with E-state index in [0.29, 0.717) is 23.3 Å². The number of nitrogens with zero attached hydrogens (tertiary/aromatic N) is 2. The van der Waals surface area contributed by atoms with Crippen molar-refractivity contribution in [3.8, 4) is 5.88 Å². The standard InChI is InChI=1S/C13H13ClN2O/c1-9-4-3-5-10(6-9)7-12-15-11(14)8-13(16-12)17-2/h3-6,8H,7H2,1-2H3. The van der Waals surface area contributed by atoms with Crippen LogP contribution in [0, 0.1) is 6.92 Å². The van der Waals surface area contributed by atoms with Crippen LogP contribution in [0.1, 0.15) is 17.0 Å². The van der Waals surface area contributed by atoms with Crippen molar-refractivity contribution in [3.05, 3.63) is 52.4 Å².